The van der Waals surface area contributed by atoms with Crippen molar-refractivity contribution in [1.82, 2.24) is 0 Å². The van der Waals surface area contributed by atoms with Crippen molar-refractivity contribution >= 4 is 23.2 Å². The summed E-state index contributed by atoms with van der Waals surface area (Å²) < 4.78 is 5.94. The van der Waals surface area contributed by atoms with Crippen LogP contribution in [0.25, 0.3) is 0 Å². The lowest BCUT2D eigenvalue weighted by atomic mass is 9.92. The number of carbonyl (C=O) groups excluding carboxylic acids is 2. The van der Waals surface area contributed by atoms with Gasteiger partial charge in [0.25, 0.3) is 5.91 Å². The van der Waals surface area contributed by atoms with Crippen LogP contribution in [-0.4, -0.2) is 24.5 Å². The Kier molecular flexibility index (Phi) is 5.73. The molecule has 0 radical (unpaired) electrons. The first-order chi connectivity index (χ1) is 13.3. The maximum Gasteiger partial charge on any atom is 0.267 e. The van der Waals surface area contributed by atoms with Gasteiger partial charge in [-0.1, -0.05) is 58.0 Å². The molecule has 1 heterocycles. The van der Waals surface area contributed by atoms with Gasteiger partial charge in [0.2, 0.25) is 5.91 Å². The topological polar surface area (TPSA) is 58.6 Å². The quantitative estimate of drug-likeness (QED) is 0.837. The molecule has 2 amide bonds. The number of nitrogens with one attached hydrogen (secondary N) is 1. The zero-order chi connectivity index (χ0) is 20.4. The molecule has 1 aliphatic heterocycles. The first-order valence-electron chi connectivity index (χ1n) is 9.77. The van der Waals surface area contributed by atoms with E-state index in [1.165, 1.54) is 6.92 Å². The number of amides is 2. The number of fused-ring (bicyclic) bond motifs is 1. The summed E-state index contributed by atoms with van der Waals surface area (Å²) in [6.07, 6.45) is -0.765. The molecule has 28 heavy (non-hydrogen) atoms. The molecule has 1 N–H and O–H groups in total. The maximum absolute atomic E-state index is 13.1. The van der Waals surface area contributed by atoms with Crippen molar-refractivity contribution in [3.63, 3.8) is 0 Å². The molecule has 5 nitrogen and oxygen atoms in total. The molecule has 2 aromatic rings. The highest BCUT2D eigenvalue weighted by atomic mass is 16.5. The zero-order valence-electron chi connectivity index (χ0n) is 17.2. The van der Waals surface area contributed by atoms with Crippen LogP contribution in [0.4, 0.5) is 11.4 Å². The Morgan fingerprint density at radius 3 is 2.18 bits per heavy atom. The highest BCUT2D eigenvalue weighted by Crippen LogP contribution is 2.35. The van der Waals surface area contributed by atoms with E-state index in [9.17, 15) is 9.59 Å². The number of para-hydroxylation sites is 3. The van der Waals surface area contributed by atoms with Crippen molar-refractivity contribution < 1.29 is 14.3 Å². The number of nitrogens with zero attached hydrogens (tertiary/aromatic N) is 1. The minimum Gasteiger partial charge on any atom is -0.476 e. The minimum atomic E-state index is -0.765. The van der Waals surface area contributed by atoms with E-state index in [1.807, 2.05) is 36.4 Å². The summed E-state index contributed by atoms with van der Waals surface area (Å²) in [5, 5.41) is 3.10. The van der Waals surface area contributed by atoms with Crippen LogP contribution >= 0.6 is 0 Å². The second kappa shape index (κ2) is 8.05. The van der Waals surface area contributed by atoms with Crippen LogP contribution in [0.2, 0.25) is 0 Å². The second-order valence-corrected chi connectivity index (χ2v) is 7.81. The molecular formula is C23H28N2O3. The van der Waals surface area contributed by atoms with Crippen LogP contribution in [0.3, 0.4) is 0 Å². The number of carbonyl (C=O) groups is 2. The van der Waals surface area contributed by atoms with Gasteiger partial charge >= 0.3 is 0 Å². The van der Waals surface area contributed by atoms with Crippen LogP contribution in [-0.2, 0) is 9.59 Å². The molecule has 0 bridgehead atoms. The van der Waals surface area contributed by atoms with Gasteiger partial charge in [0.1, 0.15) is 5.75 Å². The third-order valence-electron chi connectivity index (χ3n) is 5.07. The number of hydrogen-bond donors (Lipinski definition) is 1. The molecule has 0 saturated carbocycles. The van der Waals surface area contributed by atoms with Crippen molar-refractivity contribution in [2.75, 3.05) is 16.8 Å². The number of ether oxygens (including phenoxy) is 1. The molecule has 0 saturated heterocycles. The van der Waals surface area contributed by atoms with E-state index >= 15 is 0 Å². The largest absolute Gasteiger partial charge is 0.476 e. The van der Waals surface area contributed by atoms with E-state index in [-0.39, 0.29) is 30.2 Å². The molecule has 5 heteroatoms. The fourth-order valence-electron chi connectivity index (χ4n) is 3.57. The predicted molar refractivity (Wildman–Crippen MR) is 112 cm³/mol. The summed E-state index contributed by atoms with van der Waals surface area (Å²) in [4.78, 5) is 26.8. The summed E-state index contributed by atoms with van der Waals surface area (Å²) in [6, 6.07) is 13.4. The monoisotopic (exact) mass is 380 g/mol. The molecule has 0 aromatic heterocycles. The van der Waals surface area contributed by atoms with Gasteiger partial charge in [-0.2, -0.15) is 0 Å². The summed E-state index contributed by atoms with van der Waals surface area (Å²) in [5.74, 6) is 0.742. The molecule has 1 aliphatic rings. The van der Waals surface area contributed by atoms with Gasteiger partial charge in [0.15, 0.2) is 6.10 Å². The van der Waals surface area contributed by atoms with E-state index in [0.29, 0.717) is 11.4 Å². The Labute approximate surface area is 166 Å². The summed E-state index contributed by atoms with van der Waals surface area (Å²) in [5.41, 5.74) is 3.75. The first-order valence-corrected chi connectivity index (χ1v) is 9.77. The average molecular weight is 380 g/mol. The molecule has 0 unspecified atom stereocenters. The van der Waals surface area contributed by atoms with Gasteiger partial charge < -0.3 is 15.0 Å². The third kappa shape index (κ3) is 3.88. The van der Waals surface area contributed by atoms with E-state index < -0.39 is 6.10 Å². The van der Waals surface area contributed by atoms with Crippen LogP contribution in [0, 0.1) is 0 Å². The SMILES string of the molecule is CC(=O)N1C[C@@H](C(=O)Nc2c(C(C)C)cccc2C(C)C)Oc2ccccc21. The lowest BCUT2D eigenvalue weighted by Gasteiger charge is -2.34. The van der Waals surface area contributed by atoms with Crippen LogP contribution in [0.15, 0.2) is 42.5 Å². The molecule has 3 rings (SSSR count). The zero-order valence-corrected chi connectivity index (χ0v) is 17.2. The van der Waals surface area contributed by atoms with Gasteiger partial charge in [0.05, 0.1) is 12.2 Å². The molecule has 0 fully saturated rings. The molecule has 148 valence electrons. The minimum absolute atomic E-state index is 0.112. The predicted octanol–water partition coefficient (Wildman–Crippen LogP) is 4.69. The highest BCUT2D eigenvalue weighted by molar-refractivity contribution is 6.00. The Balaban J connectivity index is 1.91. The van der Waals surface area contributed by atoms with E-state index in [4.69, 9.17) is 4.74 Å². The summed E-state index contributed by atoms with van der Waals surface area (Å²) in [7, 11) is 0. The molecule has 1 atom stereocenters. The van der Waals surface area contributed by atoms with Gasteiger partial charge in [-0.3, -0.25) is 9.59 Å². The van der Waals surface area contributed by atoms with Crippen LogP contribution in [0.5, 0.6) is 5.75 Å². The van der Waals surface area contributed by atoms with Crippen molar-refractivity contribution in [3.05, 3.63) is 53.6 Å². The van der Waals surface area contributed by atoms with Crippen molar-refractivity contribution in [2.24, 2.45) is 0 Å². The Morgan fingerprint density at radius 1 is 1.00 bits per heavy atom. The lowest BCUT2D eigenvalue weighted by Crippen LogP contribution is -2.48. The van der Waals surface area contributed by atoms with Crippen molar-refractivity contribution in [3.8, 4) is 5.75 Å². The van der Waals surface area contributed by atoms with Crippen LogP contribution in [0.1, 0.15) is 57.6 Å². The number of anilines is 2. The first kappa shape index (κ1) is 19.9. The van der Waals surface area contributed by atoms with Crippen molar-refractivity contribution in [2.45, 2.75) is 52.6 Å². The van der Waals surface area contributed by atoms with Gasteiger partial charge in [-0.25, -0.2) is 0 Å². The van der Waals surface area contributed by atoms with E-state index in [2.05, 4.69) is 33.0 Å². The Hall–Kier alpha value is -2.82. The maximum atomic E-state index is 13.1. The van der Waals surface area contributed by atoms with Gasteiger partial charge in [-0.15, -0.1) is 0 Å². The second-order valence-electron chi connectivity index (χ2n) is 7.81. The highest BCUT2D eigenvalue weighted by Gasteiger charge is 2.33. The average Bonchev–Trinajstić information content (AvgIpc) is 2.66. The molecule has 2 aromatic carbocycles. The summed E-state index contributed by atoms with van der Waals surface area (Å²) >= 11 is 0. The number of hydrogen-bond acceptors (Lipinski definition) is 3. The Morgan fingerprint density at radius 2 is 1.61 bits per heavy atom. The lowest BCUT2D eigenvalue weighted by molar-refractivity contribution is -0.123. The number of rotatable bonds is 4. The smallest absolute Gasteiger partial charge is 0.267 e. The fourth-order valence-corrected chi connectivity index (χ4v) is 3.57. The Bertz CT molecular complexity index is 863. The molecule has 0 spiro atoms. The third-order valence-corrected chi connectivity index (χ3v) is 5.07. The van der Waals surface area contributed by atoms with Gasteiger partial charge in [0, 0.05) is 12.6 Å². The number of benzene rings is 2. The molecule has 0 aliphatic carbocycles. The summed E-state index contributed by atoms with van der Waals surface area (Å²) in [6.45, 7) is 10.1. The van der Waals surface area contributed by atoms with Gasteiger partial charge in [-0.05, 0) is 35.1 Å². The van der Waals surface area contributed by atoms with E-state index in [0.717, 1.165) is 16.8 Å². The van der Waals surface area contributed by atoms with Crippen molar-refractivity contribution in [1.29, 1.82) is 0 Å². The normalized spacial score (nSPS) is 16.0. The van der Waals surface area contributed by atoms with Crippen LogP contribution < -0.4 is 15.0 Å². The fraction of sp³-hybridized carbons (Fsp3) is 0.391. The molecular weight excluding hydrogens is 352 g/mol. The van der Waals surface area contributed by atoms with E-state index in [1.54, 1.807) is 11.0 Å². The standard InChI is InChI=1S/C23H28N2O3/c1-14(2)17-9-8-10-18(15(3)4)22(17)24-23(27)21-13-25(16(5)26)19-11-6-7-12-20(19)28-21/h6-12,14-15,21H,13H2,1-5H3,(H,24,27)/t21-/m0/s1.